The second kappa shape index (κ2) is 7.25. The van der Waals surface area contributed by atoms with Crippen LogP contribution in [0.4, 0.5) is 0 Å². The van der Waals surface area contributed by atoms with Gasteiger partial charge in [0.05, 0.1) is 12.2 Å². The highest BCUT2D eigenvalue weighted by molar-refractivity contribution is 5.84. The number of carbonyl (C=O) groups is 1. The van der Waals surface area contributed by atoms with E-state index in [2.05, 4.69) is 24.1 Å². The van der Waals surface area contributed by atoms with Crippen LogP contribution in [-0.2, 0) is 9.53 Å². The zero-order valence-corrected chi connectivity index (χ0v) is 12.4. The highest BCUT2D eigenvalue weighted by Crippen LogP contribution is 2.25. The number of nitrogens with zero attached hydrogens (tertiary/aromatic N) is 1. The first-order chi connectivity index (χ1) is 9.27. The molecule has 0 aromatic rings. The molecule has 2 unspecified atom stereocenters. The summed E-state index contributed by atoms with van der Waals surface area (Å²) in [5.41, 5.74) is 0. The van der Waals surface area contributed by atoms with Crippen LogP contribution >= 0.6 is 0 Å². The summed E-state index contributed by atoms with van der Waals surface area (Å²) in [5.74, 6) is 0.332. The molecule has 0 aliphatic carbocycles. The van der Waals surface area contributed by atoms with Crippen molar-refractivity contribution in [2.75, 3.05) is 13.2 Å². The fourth-order valence-corrected chi connectivity index (χ4v) is 3.23. The normalized spacial score (nSPS) is 29.2. The predicted molar refractivity (Wildman–Crippen MR) is 75.8 cm³/mol. The van der Waals surface area contributed by atoms with Crippen LogP contribution in [0.3, 0.4) is 0 Å². The Morgan fingerprint density at radius 2 is 1.95 bits per heavy atom. The average Bonchev–Trinajstić information content (AvgIpc) is 2.74. The van der Waals surface area contributed by atoms with Crippen molar-refractivity contribution in [1.29, 1.82) is 0 Å². The minimum Gasteiger partial charge on any atom is -0.381 e. The van der Waals surface area contributed by atoms with Gasteiger partial charge in [0.25, 0.3) is 0 Å². The van der Waals surface area contributed by atoms with E-state index in [1.807, 2.05) is 0 Å². The van der Waals surface area contributed by atoms with Gasteiger partial charge < -0.3 is 9.64 Å². The lowest BCUT2D eigenvalue weighted by Crippen LogP contribution is -2.47. The summed E-state index contributed by atoms with van der Waals surface area (Å²) in [6.07, 6.45) is 7.68. The number of rotatable bonds is 6. The number of carbonyl (C=O) groups excluding carboxylic acids is 1. The number of amides is 1. The van der Waals surface area contributed by atoms with Gasteiger partial charge in [-0.25, -0.2) is 0 Å². The molecule has 2 saturated heterocycles. The highest BCUT2D eigenvalue weighted by Gasteiger charge is 2.41. The van der Waals surface area contributed by atoms with Crippen molar-refractivity contribution in [2.24, 2.45) is 0 Å². The lowest BCUT2D eigenvalue weighted by atomic mass is 10.0. The van der Waals surface area contributed by atoms with Gasteiger partial charge in [-0.2, -0.15) is 0 Å². The molecular weight excluding hydrogens is 240 g/mol. The molecule has 2 heterocycles. The first-order valence-electron chi connectivity index (χ1n) is 7.93. The van der Waals surface area contributed by atoms with Crippen LogP contribution in [0.5, 0.6) is 0 Å². The smallest absolute Gasteiger partial charge is 0.241 e. The van der Waals surface area contributed by atoms with Crippen LogP contribution in [0, 0.1) is 0 Å². The van der Waals surface area contributed by atoms with Gasteiger partial charge in [0.1, 0.15) is 0 Å². The second-order valence-electron chi connectivity index (χ2n) is 5.76. The Morgan fingerprint density at radius 3 is 2.58 bits per heavy atom. The fraction of sp³-hybridized carbons (Fsp3) is 0.933. The predicted octanol–water partition coefficient (Wildman–Crippen LogP) is 2.28. The number of hydrogen-bond donors (Lipinski definition) is 1. The van der Waals surface area contributed by atoms with Crippen LogP contribution < -0.4 is 5.32 Å². The quantitative estimate of drug-likeness (QED) is 0.803. The topological polar surface area (TPSA) is 41.6 Å². The molecule has 19 heavy (non-hydrogen) atoms. The molecule has 0 radical (unpaired) electrons. The van der Waals surface area contributed by atoms with E-state index in [4.69, 9.17) is 4.74 Å². The Hall–Kier alpha value is -0.610. The van der Waals surface area contributed by atoms with E-state index < -0.39 is 0 Å². The van der Waals surface area contributed by atoms with E-state index in [1.165, 1.54) is 0 Å². The molecule has 2 fully saturated rings. The maximum absolute atomic E-state index is 12.6. The van der Waals surface area contributed by atoms with Crippen molar-refractivity contribution in [1.82, 2.24) is 10.2 Å². The molecule has 0 saturated carbocycles. The van der Waals surface area contributed by atoms with Gasteiger partial charge in [-0.05, 0) is 25.7 Å². The monoisotopic (exact) mass is 268 g/mol. The number of hydrogen-bond acceptors (Lipinski definition) is 3. The van der Waals surface area contributed by atoms with Crippen LogP contribution in [0.2, 0.25) is 0 Å². The van der Waals surface area contributed by atoms with Gasteiger partial charge in [-0.15, -0.1) is 0 Å². The van der Waals surface area contributed by atoms with E-state index in [0.29, 0.717) is 11.9 Å². The maximum atomic E-state index is 12.6. The van der Waals surface area contributed by atoms with Crippen molar-refractivity contribution in [2.45, 2.75) is 77.0 Å². The summed E-state index contributed by atoms with van der Waals surface area (Å²) < 4.78 is 5.42. The number of ether oxygens (including phenoxy) is 1. The molecule has 0 aromatic carbocycles. The Morgan fingerprint density at radius 1 is 1.21 bits per heavy atom. The lowest BCUT2D eigenvalue weighted by Gasteiger charge is -2.35. The zero-order valence-electron chi connectivity index (χ0n) is 12.4. The van der Waals surface area contributed by atoms with E-state index in [9.17, 15) is 4.79 Å². The van der Waals surface area contributed by atoms with Gasteiger partial charge in [0.15, 0.2) is 0 Å². The van der Waals surface area contributed by atoms with Crippen LogP contribution in [0.1, 0.15) is 58.8 Å². The molecular formula is C15H28N2O2. The van der Waals surface area contributed by atoms with Crippen LogP contribution in [0.15, 0.2) is 0 Å². The first kappa shape index (κ1) is 14.8. The summed E-state index contributed by atoms with van der Waals surface area (Å²) in [6.45, 7) is 5.97. The van der Waals surface area contributed by atoms with E-state index in [1.54, 1.807) is 0 Å². The van der Waals surface area contributed by atoms with E-state index >= 15 is 0 Å². The summed E-state index contributed by atoms with van der Waals surface area (Å²) in [5, 5.41) is 3.56. The van der Waals surface area contributed by atoms with Gasteiger partial charge in [0.2, 0.25) is 5.91 Å². The van der Waals surface area contributed by atoms with Gasteiger partial charge >= 0.3 is 0 Å². The average molecular weight is 268 g/mol. The fourth-order valence-electron chi connectivity index (χ4n) is 3.23. The third kappa shape index (κ3) is 3.48. The Kier molecular flexibility index (Phi) is 5.64. The molecule has 2 aliphatic heterocycles. The largest absolute Gasteiger partial charge is 0.381 e. The minimum absolute atomic E-state index is 0.0549. The molecule has 4 heteroatoms. The summed E-state index contributed by atoms with van der Waals surface area (Å²) in [4.78, 5) is 14.8. The standard InChI is InChI=1S/C15H28N2O2/c1-3-5-7-13-15(18)17(14(16-13)6-4-2)12-8-10-19-11-9-12/h12-14,16H,3-11H2,1-2H3. The Balaban J connectivity index is 2.01. The van der Waals surface area contributed by atoms with Crippen molar-refractivity contribution in [3.63, 3.8) is 0 Å². The Bertz CT molecular complexity index is 290. The maximum Gasteiger partial charge on any atom is 0.241 e. The van der Waals surface area contributed by atoms with Crippen molar-refractivity contribution in [3.8, 4) is 0 Å². The van der Waals surface area contributed by atoms with Gasteiger partial charge in [-0.1, -0.05) is 33.1 Å². The Labute approximate surface area is 116 Å². The third-order valence-corrected chi connectivity index (χ3v) is 4.27. The van der Waals surface area contributed by atoms with Crippen LogP contribution in [-0.4, -0.2) is 42.3 Å². The summed E-state index contributed by atoms with van der Waals surface area (Å²) in [7, 11) is 0. The van der Waals surface area contributed by atoms with E-state index in [-0.39, 0.29) is 12.2 Å². The molecule has 4 nitrogen and oxygen atoms in total. The van der Waals surface area contributed by atoms with Gasteiger partial charge in [-0.3, -0.25) is 10.1 Å². The van der Waals surface area contributed by atoms with E-state index in [0.717, 1.165) is 58.2 Å². The van der Waals surface area contributed by atoms with Crippen molar-refractivity contribution in [3.05, 3.63) is 0 Å². The van der Waals surface area contributed by atoms with Crippen molar-refractivity contribution >= 4 is 5.91 Å². The molecule has 2 rings (SSSR count). The number of nitrogens with one attached hydrogen (secondary N) is 1. The SMILES string of the molecule is CCCCC1NC(CCC)N(C2CCOCC2)C1=O. The van der Waals surface area contributed by atoms with Crippen LogP contribution in [0.25, 0.3) is 0 Å². The molecule has 2 atom stereocenters. The second-order valence-corrected chi connectivity index (χ2v) is 5.76. The molecule has 1 amide bonds. The lowest BCUT2D eigenvalue weighted by molar-refractivity contribution is -0.134. The number of unbranched alkanes of at least 4 members (excludes halogenated alkanes) is 1. The molecule has 1 N–H and O–H groups in total. The van der Waals surface area contributed by atoms with Crippen molar-refractivity contribution < 1.29 is 9.53 Å². The summed E-state index contributed by atoms with van der Waals surface area (Å²) in [6, 6.07) is 0.441. The third-order valence-electron chi connectivity index (χ3n) is 4.27. The van der Waals surface area contributed by atoms with Gasteiger partial charge in [0, 0.05) is 19.3 Å². The summed E-state index contributed by atoms with van der Waals surface area (Å²) >= 11 is 0. The highest BCUT2D eigenvalue weighted by atomic mass is 16.5. The minimum atomic E-state index is 0.0549. The molecule has 0 bridgehead atoms. The molecule has 2 aliphatic rings. The molecule has 0 aromatic heterocycles. The zero-order chi connectivity index (χ0) is 13.7. The molecule has 0 spiro atoms. The molecule has 110 valence electrons. The first-order valence-corrected chi connectivity index (χ1v) is 7.93.